The predicted molar refractivity (Wildman–Crippen MR) is 139 cm³/mol. The normalized spacial score (nSPS) is 15.7. The molecule has 1 N–H and O–H groups in total. The molecule has 36 heavy (non-hydrogen) atoms. The van der Waals surface area contributed by atoms with Gasteiger partial charge in [0.2, 0.25) is 0 Å². The second-order valence-corrected chi connectivity index (χ2v) is 12.1. The minimum atomic E-state index is -4.07. The van der Waals surface area contributed by atoms with E-state index < -0.39 is 26.0 Å². The molecule has 1 aliphatic heterocycles. The molecule has 186 valence electrons. The molecule has 1 saturated heterocycles. The van der Waals surface area contributed by atoms with E-state index in [1.54, 1.807) is 30.6 Å². The van der Waals surface area contributed by atoms with Crippen LogP contribution in [0.5, 0.6) is 0 Å². The molecule has 0 radical (unpaired) electrons. The van der Waals surface area contributed by atoms with E-state index in [1.165, 1.54) is 18.2 Å². The minimum absolute atomic E-state index is 0.0983. The van der Waals surface area contributed by atoms with Crippen LogP contribution in [0.4, 0.5) is 11.4 Å². The number of ether oxygens (including phenoxy) is 1. The van der Waals surface area contributed by atoms with Crippen LogP contribution in [0.1, 0.15) is 5.56 Å². The van der Waals surface area contributed by atoms with Crippen molar-refractivity contribution in [1.82, 2.24) is 9.97 Å². The first-order valence-corrected chi connectivity index (χ1v) is 14.3. The van der Waals surface area contributed by atoms with Crippen molar-refractivity contribution in [2.24, 2.45) is 0 Å². The zero-order valence-corrected chi connectivity index (χ0v) is 21.4. The van der Waals surface area contributed by atoms with E-state index in [4.69, 9.17) is 16.3 Å². The summed E-state index contributed by atoms with van der Waals surface area (Å²) in [5, 5.41) is 0.803. The Morgan fingerprint density at radius 1 is 1.08 bits per heavy atom. The zero-order chi connectivity index (χ0) is 25.5. The Balaban J connectivity index is 1.45. The topological polar surface area (TPSA) is 119 Å². The monoisotopic (exact) mass is 544 g/mol. The van der Waals surface area contributed by atoms with Crippen molar-refractivity contribution >= 4 is 53.9 Å². The summed E-state index contributed by atoms with van der Waals surface area (Å²) < 4.78 is 59.6. The molecule has 3 heterocycles. The third kappa shape index (κ3) is 4.74. The summed E-state index contributed by atoms with van der Waals surface area (Å²) in [6.45, 7) is 2.27. The number of benzene rings is 2. The average molecular weight is 545 g/mol. The van der Waals surface area contributed by atoms with Gasteiger partial charge in [-0.05, 0) is 61.0 Å². The molecular formula is C24H21ClN4O5S2. The average Bonchev–Trinajstić information content (AvgIpc) is 2.84. The van der Waals surface area contributed by atoms with Crippen molar-refractivity contribution in [1.29, 1.82) is 0 Å². The van der Waals surface area contributed by atoms with E-state index in [0.717, 1.165) is 26.3 Å². The van der Waals surface area contributed by atoms with Crippen LogP contribution >= 0.6 is 11.6 Å². The van der Waals surface area contributed by atoms with Gasteiger partial charge in [-0.1, -0.05) is 17.7 Å². The lowest BCUT2D eigenvalue weighted by molar-refractivity contribution is 0.175. The Kier molecular flexibility index (Phi) is 6.33. The van der Waals surface area contributed by atoms with Crippen LogP contribution in [0.15, 0.2) is 71.9 Å². The number of hydrogen-bond donors (Lipinski definition) is 1. The smallest absolute Gasteiger partial charge is 0.263 e. The maximum Gasteiger partial charge on any atom is 0.263 e. The highest BCUT2D eigenvalue weighted by Crippen LogP contribution is 2.32. The summed E-state index contributed by atoms with van der Waals surface area (Å²) in [7, 11) is -7.73. The maximum absolute atomic E-state index is 13.2. The molecule has 5 rings (SSSR count). The number of aromatic nitrogens is 2. The second kappa shape index (κ2) is 9.32. The van der Waals surface area contributed by atoms with Gasteiger partial charge in [-0.15, -0.1) is 0 Å². The molecule has 0 spiro atoms. The first-order valence-electron chi connectivity index (χ1n) is 10.9. The van der Waals surface area contributed by atoms with E-state index >= 15 is 0 Å². The van der Waals surface area contributed by atoms with Gasteiger partial charge in [-0.2, -0.15) is 0 Å². The lowest BCUT2D eigenvalue weighted by Gasteiger charge is -2.28. The summed E-state index contributed by atoms with van der Waals surface area (Å²) in [5.41, 5.74) is 3.78. The van der Waals surface area contributed by atoms with Crippen LogP contribution in [-0.2, 0) is 24.8 Å². The van der Waals surface area contributed by atoms with Gasteiger partial charge in [0.25, 0.3) is 20.0 Å². The van der Waals surface area contributed by atoms with Crippen molar-refractivity contribution in [3.8, 4) is 11.3 Å². The van der Waals surface area contributed by atoms with Crippen LogP contribution in [-0.4, -0.2) is 45.9 Å². The van der Waals surface area contributed by atoms with Crippen molar-refractivity contribution in [3.63, 3.8) is 0 Å². The zero-order valence-electron chi connectivity index (χ0n) is 19.0. The number of anilines is 2. The molecule has 2 aromatic heterocycles. The Labute approximate surface area is 213 Å². The maximum atomic E-state index is 13.2. The molecule has 4 aromatic rings. The van der Waals surface area contributed by atoms with Gasteiger partial charge in [-0.25, -0.2) is 21.8 Å². The van der Waals surface area contributed by atoms with Crippen LogP contribution in [0, 0.1) is 6.92 Å². The molecule has 1 aliphatic rings. The molecule has 0 aliphatic carbocycles. The molecule has 1 fully saturated rings. The lowest BCUT2D eigenvalue weighted by Crippen LogP contribution is -2.41. The number of rotatable bonds is 5. The number of fused-ring (bicyclic) bond motifs is 1. The fourth-order valence-electron chi connectivity index (χ4n) is 3.95. The van der Waals surface area contributed by atoms with Gasteiger partial charge >= 0.3 is 0 Å². The van der Waals surface area contributed by atoms with Crippen molar-refractivity contribution in [2.45, 2.75) is 11.8 Å². The van der Waals surface area contributed by atoms with E-state index in [2.05, 4.69) is 14.7 Å². The van der Waals surface area contributed by atoms with Crippen LogP contribution < -0.4 is 9.03 Å². The molecule has 2 aromatic carbocycles. The number of pyridine rings is 2. The van der Waals surface area contributed by atoms with Crippen LogP contribution in [0.2, 0.25) is 5.02 Å². The molecule has 12 heteroatoms. The SMILES string of the molecule is Cc1ccc(NS(=O)(=O)c2ccc(N3CCOCS3(=O)=O)cc2Cl)cc1-c1ccc2cnccc2n1. The molecule has 0 amide bonds. The highest BCUT2D eigenvalue weighted by molar-refractivity contribution is 7.93. The third-order valence-corrected chi connectivity index (χ3v) is 9.15. The summed E-state index contributed by atoms with van der Waals surface area (Å²) in [4.78, 5) is 8.61. The molecule has 0 bridgehead atoms. The number of nitrogens with zero attached hydrogens (tertiary/aromatic N) is 3. The molecular weight excluding hydrogens is 524 g/mol. The molecule has 0 unspecified atom stereocenters. The van der Waals surface area contributed by atoms with E-state index in [1.807, 2.05) is 25.1 Å². The summed E-state index contributed by atoms with van der Waals surface area (Å²) in [6.07, 6.45) is 3.40. The third-order valence-electron chi connectivity index (χ3n) is 5.75. The number of sulfonamides is 2. The highest BCUT2D eigenvalue weighted by atomic mass is 35.5. The predicted octanol–water partition coefficient (Wildman–Crippen LogP) is 4.18. The summed E-state index contributed by atoms with van der Waals surface area (Å²) in [6, 6.07) is 14.8. The Morgan fingerprint density at radius 2 is 1.92 bits per heavy atom. The standard InChI is InChI=1S/C24H21ClN4O5S2/c1-16-2-4-18(12-20(16)23-6-3-17-14-26-9-8-22(17)27-23)28-36(32,33)24-7-5-19(13-21(24)25)29-10-11-34-15-35(29,30)31/h2-9,12-14,28H,10-11,15H2,1H3. The largest absolute Gasteiger partial charge is 0.362 e. The van der Waals surface area contributed by atoms with Crippen molar-refractivity contribution in [3.05, 3.63) is 77.6 Å². The lowest BCUT2D eigenvalue weighted by atomic mass is 10.0. The van der Waals surface area contributed by atoms with E-state index in [9.17, 15) is 16.8 Å². The van der Waals surface area contributed by atoms with Crippen molar-refractivity contribution in [2.75, 3.05) is 28.1 Å². The second-order valence-electron chi connectivity index (χ2n) is 8.22. The first-order chi connectivity index (χ1) is 17.1. The first kappa shape index (κ1) is 24.4. The fourth-order valence-corrected chi connectivity index (χ4v) is 6.79. The van der Waals surface area contributed by atoms with Crippen LogP contribution in [0.25, 0.3) is 22.2 Å². The Bertz CT molecular complexity index is 1690. The van der Waals surface area contributed by atoms with Crippen molar-refractivity contribution < 1.29 is 21.6 Å². The van der Waals surface area contributed by atoms with Gasteiger partial charge in [-0.3, -0.25) is 14.0 Å². The van der Waals surface area contributed by atoms with Gasteiger partial charge in [0.15, 0.2) is 5.94 Å². The highest BCUT2D eigenvalue weighted by Gasteiger charge is 2.28. The molecule has 0 atom stereocenters. The number of halogens is 1. The van der Waals surface area contributed by atoms with Gasteiger partial charge in [0.1, 0.15) is 4.90 Å². The quantitative estimate of drug-likeness (QED) is 0.400. The van der Waals surface area contributed by atoms with E-state index in [-0.39, 0.29) is 28.8 Å². The Morgan fingerprint density at radius 3 is 2.69 bits per heavy atom. The number of hydrogen-bond acceptors (Lipinski definition) is 7. The van der Waals surface area contributed by atoms with Gasteiger partial charge in [0, 0.05) is 29.0 Å². The Hall–Kier alpha value is -3.25. The molecule has 0 saturated carbocycles. The summed E-state index contributed by atoms with van der Waals surface area (Å²) >= 11 is 6.31. The summed E-state index contributed by atoms with van der Waals surface area (Å²) in [5.74, 6) is -0.440. The number of aryl methyl sites for hydroxylation is 1. The fraction of sp³-hybridized carbons (Fsp3) is 0.167. The van der Waals surface area contributed by atoms with E-state index in [0.29, 0.717) is 11.4 Å². The minimum Gasteiger partial charge on any atom is -0.362 e. The van der Waals surface area contributed by atoms with Gasteiger partial charge in [0.05, 0.1) is 35.1 Å². The van der Waals surface area contributed by atoms with Gasteiger partial charge < -0.3 is 4.74 Å². The number of nitrogens with one attached hydrogen (secondary N) is 1. The molecule has 9 nitrogen and oxygen atoms in total. The van der Waals surface area contributed by atoms with Crippen LogP contribution in [0.3, 0.4) is 0 Å².